The van der Waals surface area contributed by atoms with Gasteiger partial charge in [0.1, 0.15) is 34.0 Å². The topological polar surface area (TPSA) is 119 Å². The van der Waals surface area contributed by atoms with Gasteiger partial charge in [0.05, 0.1) is 37.4 Å². The summed E-state index contributed by atoms with van der Waals surface area (Å²) in [5.74, 6) is 2.89. The van der Waals surface area contributed by atoms with Crippen LogP contribution in [0.1, 0.15) is 37.7 Å². The van der Waals surface area contributed by atoms with Crippen LogP contribution in [0.3, 0.4) is 0 Å². The Kier molecular flexibility index (Phi) is 8.01. The first-order chi connectivity index (χ1) is 26.6. The van der Waals surface area contributed by atoms with Gasteiger partial charge in [-0.3, -0.25) is 0 Å². The number of piperidine rings is 1. The molecule has 14 heteroatoms. The van der Waals surface area contributed by atoms with E-state index in [4.69, 9.17) is 25.9 Å². The molecule has 2 bridgehead atoms. The number of hydrogen-bond donors (Lipinski definition) is 2. The van der Waals surface area contributed by atoms with Gasteiger partial charge < -0.3 is 39.5 Å². The number of terminal acetylenes is 1. The van der Waals surface area contributed by atoms with E-state index >= 15 is 8.78 Å². The minimum Gasteiger partial charge on any atom is -0.508 e. The maximum atomic E-state index is 17.3. The second-order valence-corrected chi connectivity index (χ2v) is 16.8. The Hall–Kier alpha value is -5.00. The molecule has 6 aliphatic rings. The summed E-state index contributed by atoms with van der Waals surface area (Å²) >= 11 is 0. The van der Waals surface area contributed by atoms with E-state index in [1.807, 2.05) is 11.9 Å². The van der Waals surface area contributed by atoms with Crippen LogP contribution in [0, 0.1) is 41.2 Å². The van der Waals surface area contributed by atoms with Crippen LogP contribution >= 0.6 is 0 Å². The molecule has 2 amide bonds. The number of likely N-dealkylation sites (N-methyl/N-ethyl adjacent to an activating group) is 1. The highest BCUT2D eigenvalue weighted by molar-refractivity contribution is 6.04. The lowest BCUT2D eigenvalue weighted by Gasteiger charge is -2.44. The molecule has 2 aromatic heterocycles. The SMILES string of the molecule is C#Cc1c(F)ccc2cc(O)cc(-c3nc(OC)c4c(N5CC6CCC(C5)N6C(=O)NC5CN(C)C5)nc(OCC5(CN6CC7CC7C6)CC5)nc4c3F)c12. The lowest BCUT2D eigenvalue weighted by atomic mass is 9.95. The third-order valence-electron chi connectivity index (χ3n) is 12.8. The van der Waals surface area contributed by atoms with Gasteiger partial charge in [0.2, 0.25) is 5.88 Å². The number of benzene rings is 2. The number of phenolic OH excluding ortho intramolecular Hbond substituents is 1. The van der Waals surface area contributed by atoms with E-state index in [0.717, 1.165) is 70.2 Å². The predicted octanol–water partition coefficient (Wildman–Crippen LogP) is 4.61. The molecule has 6 fully saturated rings. The standard InChI is InChI=1S/C41H44F2N8O4/c1-4-29-31(42)8-5-22-12-28(52)13-30(32(22)29)35-34(43)36-33(38(45-35)54-3)37(47-39(46-36)55-21-41(9-10-41)20-49-14-23-11-24(23)15-49)50-18-26-6-7-27(19-50)51(26)40(53)44-25-16-48(2)17-25/h1,5,8,12-13,23-27,52H,6-7,9-11,14-21H2,2-3H3,(H,44,53). The Morgan fingerprint density at radius 3 is 2.45 bits per heavy atom. The van der Waals surface area contributed by atoms with Gasteiger partial charge in [0, 0.05) is 62.2 Å². The number of anilines is 1. The number of ether oxygens (including phenoxy) is 2. The fourth-order valence-electron chi connectivity index (χ4n) is 9.76. The summed E-state index contributed by atoms with van der Waals surface area (Å²) in [6.07, 6.45) is 10.9. The van der Waals surface area contributed by atoms with Crippen molar-refractivity contribution in [3.05, 3.63) is 41.5 Å². The highest BCUT2D eigenvalue weighted by Crippen LogP contribution is 2.51. The number of carbonyl (C=O) groups is 1. The van der Waals surface area contributed by atoms with Crippen LogP contribution in [0.4, 0.5) is 19.4 Å². The zero-order valence-corrected chi connectivity index (χ0v) is 31.0. The average Bonchev–Trinajstić information content (AvgIpc) is 4.04. The average molecular weight is 751 g/mol. The minimum atomic E-state index is -0.813. The van der Waals surface area contributed by atoms with Crippen LogP contribution in [0.15, 0.2) is 24.3 Å². The minimum absolute atomic E-state index is 0.00157. The maximum absolute atomic E-state index is 17.3. The number of methoxy groups -OCH3 is 1. The normalized spacial score (nSPS) is 25.5. The van der Waals surface area contributed by atoms with Gasteiger partial charge in [-0.05, 0) is 74.6 Å². The summed E-state index contributed by atoms with van der Waals surface area (Å²) in [4.78, 5) is 36.6. The summed E-state index contributed by atoms with van der Waals surface area (Å²) < 4.78 is 44.7. The molecule has 286 valence electrons. The van der Waals surface area contributed by atoms with E-state index in [2.05, 4.69) is 30.9 Å². The molecule has 0 spiro atoms. The summed E-state index contributed by atoms with van der Waals surface area (Å²) in [5, 5.41) is 14.9. The van der Waals surface area contributed by atoms with Gasteiger partial charge in [-0.2, -0.15) is 9.97 Å². The van der Waals surface area contributed by atoms with Crippen LogP contribution in [0.25, 0.3) is 32.9 Å². The van der Waals surface area contributed by atoms with Crippen molar-refractivity contribution < 1.29 is 28.2 Å². The number of hydrogen-bond acceptors (Lipinski definition) is 10. The Morgan fingerprint density at radius 2 is 1.78 bits per heavy atom. The zero-order valence-electron chi connectivity index (χ0n) is 31.0. The third kappa shape index (κ3) is 5.94. The van der Waals surface area contributed by atoms with E-state index in [-0.39, 0.29) is 80.3 Å². The molecule has 55 heavy (non-hydrogen) atoms. The molecule has 2 saturated carbocycles. The number of nitrogens with zero attached hydrogens (tertiary/aromatic N) is 7. The molecule has 2 aliphatic carbocycles. The van der Waals surface area contributed by atoms with Gasteiger partial charge in [-0.15, -0.1) is 6.42 Å². The van der Waals surface area contributed by atoms with Gasteiger partial charge >= 0.3 is 12.0 Å². The molecule has 6 heterocycles. The number of phenols is 1. The highest BCUT2D eigenvalue weighted by atomic mass is 19.1. The van der Waals surface area contributed by atoms with E-state index in [9.17, 15) is 9.90 Å². The summed E-state index contributed by atoms with van der Waals surface area (Å²) in [6.45, 7) is 6.24. The van der Waals surface area contributed by atoms with Gasteiger partial charge in [0.15, 0.2) is 5.82 Å². The number of aromatic hydroxyl groups is 1. The fourth-order valence-corrected chi connectivity index (χ4v) is 9.76. The van der Waals surface area contributed by atoms with E-state index in [1.54, 1.807) is 0 Å². The van der Waals surface area contributed by atoms with Crippen LogP contribution in [0.2, 0.25) is 0 Å². The van der Waals surface area contributed by atoms with Gasteiger partial charge in [-0.25, -0.2) is 18.6 Å². The second-order valence-electron chi connectivity index (χ2n) is 16.8. The number of rotatable bonds is 9. The van der Waals surface area contributed by atoms with E-state index < -0.39 is 11.6 Å². The van der Waals surface area contributed by atoms with Crippen molar-refractivity contribution in [1.82, 2.24) is 35.0 Å². The van der Waals surface area contributed by atoms with Crippen molar-refractivity contribution in [2.75, 3.05) is 71.5 Å². The summed E-state index contributed by atoms with van der Waals surface area (Å²) in [6, 6.07) is 5.43. The summed E-state index contributed by atoms with van der Waals surface area (Å²) in [7, 11) is 3.47. The molecule has 4 aliphatic heterocycles. The molecule has 12 nitrogen and oxygen atoms in total. The Morgan fingerprint density at radius 1 is 1.04 bits per heavy atom. The summed E-state index contributed by atoms with van der Waals surface area (Å²) in [5.41, 5.74) is -0.274. The van der Waals surface area contributed by atoms with Crippen LogP contribution in [-0.2, 0) is 0 Å². The molecule has 4 aromatic rings. The predicted molar refractivity (Wildman–Crippen MR) is 202 cm³/mol. The number of piperazine rings is 1. The first-order valence-corrected chi connectivity index (χ1v) is 19.3. The third-order valence-corrected chi connectivity index (χ3v) is 12.8. The molecule has 4 saturated heterocycles. The Labute approximate surface area is 317 Å². The molecule has 2 N–H and O–H groups in total. The number of halogens is 2. The Balaban J connectivity index is 1.05. The van der Waals surface area contributed by atoms with Crippen LogP contribution in [-0.4, -0.2) is 125 Å². The fraction of sp³-hybridized carbons (Fsp3) is 0.512. The number of aromatic nitrogens is 3. The van der Waals surface area contributed by atoms with Crippen molar-refractivity contribution >= 4 is 33.5 Å². The monoisotopic (exact) mass is 750 g/mol. The van der Waals surface area contributed by atoms with E-state index in [1.165, 1.54) is 37.8 Å². The van der Waals surface area contributed by atoms with Crippen molar-refractivity contribution in [3.63, 3.8) is 0 Å². The molecule has 0 radical (unpaired) electrons. The number of pyridine rings is 1. The zero-order chi connectivity index (χ0) is 37.7. The number of amides is 2. The van der Waals surface area contributed by atoms with Gasteiger partial charge in [0.25, 0.3) is 0 Å². The lowest BCUT2D eigenvalue weighted by Crippen LogP contribution is -2.64. The van der Waals surface area contributed by atoms with Crippen molar-refractivity contribution in [2.45, 2.75) is 50.2 Å². The number of fused-ring (bicyclic) bond motifs is 5. The smallest absolute Gasteiger partial charge is 0.319 e. The maximum Gasteiger partial charge on any atom is 0.319 e. The van der Waals surface area contributed by atoms with Crippen LogP contribution in [0.5, 0.6) is 17.6 Å². The number of likely N-dealkylation sites (tertiary alicyclic amines) is 2. The first-order valence-electron chi connectivity index (χ1n) is 19.3. The Bertz CT molecular complexity index is 2270. The number of nitrogens with one attached hydrogen (secondary N) is 1. The molecule has 2 aromatic carbocycles. The van der Waals surface area contributed by atoms with E-state index in [0.29, 0.717) is 30.9 Å². The van der Waals surface area contributed by atoms with Gasteiger partial charge in [-0.1, -0.05) is 12.0 Å². The molecule has 4 atom stereocenters. The van der Waals surface area contributed by atoms with Crippen molar-refractivity contribution in [1.29, 1.82) is 0 Å². The first kappa shape index (κ1) is 34.5. The molecule has 10 rings (SSSR count). The molecular weight excluding hydrogens is 706 g/mol. The van der Waals surface area contributed by atoms with Crippen LogP contribution < -0.4 is 19.7 Å². The largest absolute Gasteiger partial charge is 0.508 e. The number of urea groups is 1. The number of carbonyl (C=O) groups excluding carboxylic acids is 1. The quantitative estimate of drug-likeness (QED) is 0.235. The lowest BCUT2D eigenvalue weighted by molar-refractivity contribution is 0.129. The molecular formula is C41H44F2N8O4. The van der Waals surface area contributed by atoms with Crippen molar-refractivity contribution in [3.8, 4) is 41.2 Å². The highest BCUT2D eigenvalue weighted by Gasteiger charge is 2.51. The van der Waals surface area contributed by atoms with Crippen molar-refractivity contribution in [2.24, 2.45) is 17.3 Å². The molecule has 4 unspecified atom stereocenters. The second kappa shape index (κ2) is 12.8.